The molecule has 1 N–H and O–H groups in total. The first kappa shape index (κ1) is 13.7. The van der Waals surface area contributed by atoms with Crippen molar-refractivity contribution in [3.63, 3.8) is 0 Å². The minimum atomic E-state index is -0.833. The third-order valence-corrected chi connectivity index (χ3v) is 1.89. The van der Waals surface area contributed by atoms with Crippen molar-refractivity contribution < 1.29 is 9.90 Å². The molecule has 0 aliphatic rings. The third-order valence-electron chi connectivity index (χ3n) is 1.89. The van der Waals surface area contributed by atoms with Gasteiger partial charge in [0.25, 0.3) is 5.97 Å². The molecule has 1 aromatic carbocycles. The summed E-state index contributed by atoms with van der Waals surface area (Å²) in [6.07, 6.45) is 1.20. The van der Waals surface area contributed by atoms with Crippen molar-refractivity contribution in [3.8, 4) is 0 Å². The molecule has 0 atom stereocenters. The van der Waals surface area contributed by atoms with E-state index in [-0.39, 0.29) is 0 Å². The minimum Gasteiger partial charge on any atom is -0.481 e. The van der Waals surface area contributed by atoms with Crippen LogP contribution in [-0.4, -0.2) is 11.1 Å². The molecule has 0 aliphatic carbocycles. The van der Waals surface area contributed by atoms with Crippen LogP contribution in [0.4, 0.5) is 0 Å². The zero-order chi connectivity index (χ0) is 11.8. The van der Waals surface area contributed by atoms with E-state index in [1.54, 1.807) is 0 Å². The van der Waals surface area contributed by atoms with E-state index in [4.69, 9.17) is 9.90 Å². The largest absolute Gasteiger partial charge is 0.481 e. The van der Waals surface area contributed by atoms with E-state index < -0.39 is 5.97 Å². The lowest BCUT2D eigenvalue weighted by Crippen LogP contribution is -1.95. The Kier molecular flexibility index (Phi) is 6.43. The molecule has 0 spiro atoms. The number of carbonyl (C=O) groups is 1. The van der Waals surface area contributed by atoms with Gasteiger partial charge in [-0.1, -0.05) is 38.1 Å². The first-order valence-electron chi connectivity index (χ1n) is 5.17. The fraction of sp³-hybridized carbons (Fsp3) is 0.462. The van der Waals surface area contributed by atoms with Crippen LogP contribution < -0.4 is 0 Å². The minimum absolute atomic E-state index is 0.760. The number of rotatable bonds is 2. The van der Waals surface area contributed by atoms with Gasteiger partial charge in [0, 0.05) is 6.92 Å². The van der Waals surface area contributed by atoms with Gasteiger partial charge in [0.05, 0.1) is 0 Å². The standard InChI is InChI=1S/C11H16.C2H4O2/c1-9(2)8-11-7-5-4-6-10(11)3;1-2(3)4/h4-7,9H,8H2,1-3H3;1H3,(H,3,4). The molecule has 1 rings (SSSR count). The zero-order valence-corrected chi connectivity index (χ0v) is 9.95. The summed E-state index contributed by atoms with van der Waals surface area (Å²) < 4.78 is 0. The predicted octanol–water partition coefficient (Wildman–Crippen LogP) is 3.28. The molecule has 0 aromatic heterocycles. The zero-order valence-electron chi connectivity index (χ0n) is 9.95. The van der Waals surface area contributed by atoms with Crippen LogP contribution >= 0.6 is 0 Å². The molecule has 0 saturated heterocycles. The molecule has 0 amide bonds. The lowest BCUT2D eigenvalue weighted by molar-refractivity contribution is -0.134. The summed E-state index contributed by atoms with van der Waals surface area (Å²) in [6, 6.07) is 8.61. The van der Waals surface area contributed by atoms with E-state index >= 15 is 0 Å². The van der Waals surface area contributed by atoms with Crippen LogP contribution in [0.25, 0.3) is 0 Å². The molecule has 0 radical (unpaired) electrons. The average Bonchev–Trinajstić information content (AvgIpc) is 2.07. The van der Waals surface area contributed by atoms with Gasteiger partial charge < -0.3 is 5.11 Å². The first-order valence-corrected chi connectivity index (χ1v) is 5.17. The summed E-state index contributed by atoms with van der Waals surface area (Å²) in [4.78, 5) is 9.00. The van der Waals surface area contributed by atoms with Gasteiger partial charge in [-0.3, -0.25) is 4.79 Å². The van der Waals surface area contributed by atoms with Gasteiger partial charge in [0.1, 0.15) is 0 Å². The van der Waals surface area contributed by atoms with Gasteiger partial charge in [-0.2, -0.15) is 0 Å². The maximum atomic E-state index is 9.00. The topological polar surface area (TPSA) is 37.3 Å². The Hall–Kier alpha value is -1.31. The number of benzene rings is 1. The Labute approximate surface area is 91.9 Å². The second-order valence-electron chi connectivity index (χ2n) is 4.04. The van der Waals surface area contributed by atoms with Crippen LogP contribution in [0, 0.1) is 12.8 Å². The number of hydrogen-bond acceptors (Lipinski definition) is 1. The molecular formula is C13H20O2. The van der Waals surface area contributed by atoms with Crippen LogP contribution in [0.3, 0.4) is 0 Å². The molecule has 0 saturated carbocycles. The Bertz CT molecular complexity index is 299. The third kappa shape index (κ3) is 7.74. The predicted molar refractivity (Wildman–Crippen MR) is 63.0 cm³/mol. The maximum Gasteiger partial charge on any atom is 0.300 e. The molecule has 0 fully saturated rings. The van der Waals surface area contributed by atoms with E-state index in [0.717, 1.165) is 12.8 Å². The summed E-state index contributed by atoms with van der Waals surface area (Å²) >= 11 is 0. The highest BCUT2D eigenvalue weighted by atomic mass is 16.4. The van der Waals surface area contributed by atoms with Gasteiger partial charge in [0.2, 0.25) is 0 Å². The van der Waals surface area contributed by atoms with Crippen LogP contribution in [0.5, 0.6) is 0 Å². The van der Waals surface area contributed by atoms with Crippen molar-refractivity contribution in [2.45, 2.75) is 34.1 Å². The summed E-state index contributed by atoms with van der Waals surface area (Å²) in [6.45, 7) is 7.77. The molecule has 2 heteroatoms. The number of carboxylic acid groups (broad SMARTS) is 1. The van der Waals surface area contributed by atoms with E-state index in [1.165, 1.54) is 17.5 Å². The number of aliphatic carboxylic acids is 1. The smallest absolute Gasteiger partial charge is 0.300 e. The number of carboxylic acids is 1. The summed E-state index contributed by atoms with van der Waals surface area (Å²) in [5.74, 6) is -0.0731. The molecule has 0 unspecified atom stereocenters. The summed E-state index contributed by atoms with van der Waals surface area (Å²) in [5.41, 5.74) is 2.91. The van der Waals surface area contributed by atoms with E-state index in [2.05, 4.69) is 45.0 Å². The first-order chi connectivity index (χ1) is 6.93. The lowest BCUT2D eigenvalue weighted by Gasteiger charge is -2.07. The van der Waals surface area contributed by atoms with Crippen molar-refractivity contribution in [1.82, 2.24) is 0 Å². The molecule has 15 heavy (non-hydrogen) atoms. The lowest BCUT2D eigenvalue weighted by atomic mass is 9.99. The Morgan fingerprint density at radius 1 is 1.33 bits per heavy atom. The number of hydrogen-bond donors (Lipinski definition) is 1. The quantitative estimate of drug-likeness (QED) is 0.809. The van der Waals surface area contributed by atoms with Crippen molar-refractivity contribution in [2.75, 3.05) is 0 Å². The average molecular weight is 208 g/mol. The van der Waals surface area contributed by atoms with Gasteiger partial charge >= 0.3 is 0 Å². The molecule has 2 nitrogen and oxygen atoms in total. The molecule has 84 valence electrons. The van der Waals surface area contributed by atoms with E-state index in [0.29, 0.717) is 0 Å². The second kappa shape index (κ2) is 7.04. The fourth-order valence-electron chi connectivity index (χ4n) is 1.28. The Balaban J connectivity index is 0.000000423. The number of aryl methyl sites for hydroxylation is 1. The highest BCUT2D eigenvalue weighted by Crippen LogP contribution is 2.11. The Morgan fingerprint density at radius 3 is 2.20 bits per heavy atom. The normalized spacial score (nSPS) is 9.40. The highest BCUT2D eigenvalue weighted by Gasteiger charge is 1.98. The van der Waals surface area contributed by atoms with Gasteiger partial charge in [-0.25, -0.2) is 0 Å². The molecule has 0 bridgehead atoms. The second-order valence-corrected chi connectivity index (χ2v) is 4.04. The van der Waals surface area contributed by atoms with Crippen molar-refractivity contribution in [1.29, 1.82) is 0 Å². The summed E-state index contributed by atoms with van der Waals surface area (Å²) in [7, 11) is 0. The molecule has 1 aromatic rings. The van der Waals surface area contributed by atoms with Crippen LogP contribution in [0.2, 0.25) is 0 Å². The van der Waals surface area contributed by atoms with Gasteiger partial charge in [-0.15, -0.1) is 0 Å². The van der Waals surface area contributed by atoms with Crippen LogP contribution in [-0.2, 0) is 11.2 Å². The van der Waals surface area contributed by atoms with Gasteiger partial charge in [0.15, 0.2) is 0 Å². The van der Waals surface area contributed by atoms with E-state index in [1.807, 2.05) is 0 Å². The fourth-order valence-corrected chi connectivity index (χ4v) is 1.28. The molecule has 0 heterocycles. The van der Waals surface area contributed by atoms with Crippen molar-refractivity contribution in [2.24, 2.45) is 5.92 Å². The molecular weight excluding hydrogens is 188 g/mol. The maximum absolute atomic E-state index is 9.00. The molecule has 0 aliphatic heterocycles. The van der Waals surface area contributed by atoms with Crippen molar-refractivity contribution in [3.05, 3.63) is 35.4 Å². The van der Waals surface area contributed by atoms with Crippen LogP contribution in [0.1, 0.15) is 31.9 Å². The van der Waals surface area contributed by atoms with Crippen LogP contribution in [0.15, 0.2) is 24.3 Å². The van der Waals surface area contributed by atoms with Crippen molar-refractivity contribution >= 4 is 5.97 Å². The summed E-state index contributed by atoms with van der Waals surface area (Å²) in [5, 5.41) is 7.42. The highest BCUT2D eigenvalue weighted by molar-refractivity contribution is 5.62. The Morgan fingerprint density at radius 2 is 1.80 bits per heavy atom. The van der Waals surface area contributed by atoms with Gasteiger partial charge in [-0.05, 0) is 30.4 Å². The monoisotopic (exact) mass is 208 g/mol. The SMILES string of the molecule is CC(=O)O.Cc1ccccc1CC(C)C. The van der Waals surface area contributed by atoms with E-state index in [9.17, 15) is 0 Å².